The molecule has 0 radical (unpaired) electrons. The molecule has 2 N–H and O–H groups in total. The van der Waals surface area contributed by atoms with E-state index in [2.05, 4.69) is 10.6 Å². The van der Waals surface area contributed by atoms with Gasteiger partial charge >= 0.3 is 0 Å². The predicted octanol–water partition coefficient (Wildman–Crippen LogP) is 3.43. The van der Waals surface area contributed by atoms with Gasteiger partial charge in [-0.25, -0.2) is 0 Å². The van der Waals surface area contributed by atoms with Crippen molar-refractivity contribution in [3.05, 3.63) is 48.5 Å². The fourth-order valence-corrected chi connectivity index (χ4v) is 2.95. The zero-order valence-corrected chi connectivity index (χ0v) is 16.6. The number of anilines is 3. The highest BCUT2D eigenvalue weighted by molar-refractivity contribution is 5.96. The summed E-state index contributed by atoms with van der Waals surface area (Å²) < 4.78 is 5.53. The molecule has 0 saturated carbocycles. The van der Waals surface area contributed by atoms with Crippen molar-refractivity contribution >= 4 is 34.8 Å². The average Bonchev–Trinajstić information content (AvgIpc) is 3.13. The van der Waals surface area contributed by atoms with E-state index in [1.807, 2.05) is 26.0 Å². The Kier molecular flexibility index (Phi) is 6.49. The van der Waals surface area contributed by atoms with E-state index in [0.717, 1.165) is 18.7 Å². The molecule has 0 atom stereocenters. The highest BCUT2D eigenvalue weighted by Crippen LogP contribution is 2.24. The molecule has 29 heavy (non-hydrogen) atoms. The first kappa shape index (κ1) is 20.4. The van der Waals surface area contributed by atoms with Gasteiger partial charge in [-0.3, -0.25) is 14.4 Å². The van der Waals surface area contributed by atoms with Crippen LogP contribution in [-0.4, -0.2) is 30.9 Å². The number of rotatable bonds is 7. The van der Waals surface area contributed by atoms with Crippen LogP contribution in [0.3, 0.4) is 0 Å². The molecule has 0 bridgehead atoms. The van der Waals surface area contributed by atoms with Crippen molar-refractivity contribution in [1.29, 1.82) is 0 Å². The van der Waals surface area contributed by atoms with E-state index in [1.54, 1.807) is 41.3 Å². The van der Waals surface area contributed by atoms with Gasteiger partial charge in [-0.15, -0.1) is 0 Å². The third-order valence-corrected chi connectivity index (χ3v) is 4.53. The molecule has 1 heterocycles. The van der Waals surface area contributed by atoms with E-state index in [-0.39, 0.29) is 30.2 Å². The van der Waals surface area contributed by atoms with E-state index >= 15 is 0 Å². The lowest BCUT2D eigenvalue weighted by Crippen LogP contribution is -2.23. The molecule has 7 heteroatoms. The third kappa shape index (κ3) is 5.57. The Balaban J connectivity index is 1.51. The summed E-state index contributed by atoms with van der Waals surface area (Å²) in [4.78, 5) is 37.5. The maximum Gasteiger partial charge on any atom is 0.262 e. The summed E-state index contributed by atoms with van der Waals surface area (Å²) in [6.45, 7) is 4.21. The Morgan fingerprint density at radius 3 is 2.38 bits per heavy atom. The lowest BCUT2D eigenvalue weighted by atomic mass is 10.2. The van der Waals surface area contributed by atoms with Gasteiger partial charge in [0.1, 0.15) is 5.75 Å². The lowest BCUT2D eigenvalue weighted by Gasteiger charge is -2.16. The maximum atomic E-state index is 12.2. The highest BCUT2D eigenvalue weighted by Gasteiger charge is 2.21. The van der Waals surface area contributed by atoms with Crippen molar-refractivity contribution in [2.75, 3.05) is 28.7 Å². The van der Waals surface area contributed by atoms with Gasteiger partial charge in [0.25, 0.3) is 5.91 Å². The van der Waals surface area contributed by atoms with E-state index in [1.165, 1.54) is 0 Å². The summed E-state index contributed by atoms with van der Waals surface area (Å²) >= 11 is 0. The summed E-state index contributed by atoms with van der Waals surface area (Å²) in [5, 5.41) is 5.54. The third-order valence-electron chi connectivity index (χ3n) is 4.53. The van der Waals surface area contributed by atoms with Crippen molar-refractivity contribution < 1.29 is 19.1 Å². The lowest BCUT2D eigenvalue weighted by molar-refractivity contribution is -0.119. The van der Waals surface area contributed by atoms with Crippen molar-refractivity contribution in [1.82, 2.24) is 0 Å². The van der Waals surface area contributed by atoms with Gasteiger partial charge in [0, 0.05) is 35.9 Å². The number of carbonyl (C=O) groups is 3. The topological polar surface area (TPSA) is 87.7 Å². The first-order valence-electron chi connectivity index (χ1n) is 9.66. The minimum absolute atomic E-state index is 0.0871. The van der Waals surface area contributed by atoms with Gasteiger partial charge in [0.2, 0.25) is 11.8 Å². The van der Waals surface area contributed by atoms with Crippen LogP contribution in [0.2, 0.25) is 0 Å². The number of nitrogens with one attached hydrogen (secondary N) is 2. The summed E-state index contributed by atoms with van der Waals surface area (Å²) in [6, 6.07) is 14.1. The Hall–Kier alpha value is -3.35. The largest absolute Gasteiger partial charge is 0.484 e. The van der Waals surface area contributed by atoms with Gasteiger partial charge in [0.15, 0.2) is 6.61 Å². The van der Waals surface area contributed by atoms with Crippen LogP contribution in [0.15, 0.2) is 48.5 Å². The molecule has 1 aliphatic heterocycles. The number of nitrogens with zero attached hydrogens (tertiary/aromatic N) is 1. The van der Waals surface area contributed by atoms with Crippen LogP contribution in [0, 0.1) is 5.92 Å². The summed E-state index contributed by atoms with van der Waals surface area (Å²) in [5.41, 5.74) is 2.03. The van der Waals surface area contributed by atoms with E-state index < -0.39 is 0 Å². The summed E-state index contributed by atoms with van der Waals surface area (Å²) in [6.07, 6.45) is 1.46. The molecule has 3 rings (SSSR count). The van der Waals surface area contributed by atoms with Gasteiger partial charge in [-0.05, 0) is 48.9 Å². The van der Waals surface area contributed by atoms with Gasteiger partial charge in [0.05, 0.1) is 0 Å². The van der Waals surface area contributed by atoms with Crippen LogP contribution in [0.5, 0.6) is 5.75 Å². The first-order chi connectivity index (χ1) is 13.9. The number of amides is 3. The average molecular weight is 395 g/mol. The van der Waals surface area contributed by atoms with Crippen LogP contribution < -0.4 is 20.3 Å². The number of benzene rings is 2. The summed E-state index contributed by atoms with van der Waals surface area (Å²) in [7, 11) is 0. The van der Waals surface area contributed by atoms with Crippen LogP contribution in [0.25, 0.3) is 0 Å². The molecule has 2 aromatic rings. The van der Waals surface area contributed by atoms with Gasteiger partial charge in [-0.2, -0.15) is 0 Å². The second-order valence-electron chi connectivity index (χ2n) is 7.20. The molecule has 0 unspecified atom stereocenters. The fourth-order valence-electron chi connectivity index (χ4n) is 2.95. The van der Waals surface area contributed by atoms with E-state index in [9.17, 15) is 14.4 Å². The molecule has 1 aliphatic rings. The van der Waals surface area contributed by atoms with Crippen LogP contribution in [-0.2, 0) is 14.4 Å². The monoisotopic (exact) mass is 395 g/mol. The zero-order valence-electron chi connectivity index (χ0n) is 16.6. The molecule has 1 fully saturated rings. The van der Waals surface area contributed by atoms with E-state index in [0.29, 0.717) is 23.5 Å². The molecule has 152 valence electrons. The molecule has 0 aliphatic carbocycles. The standard InChI is InChI=1S/C22H25N3O4/c1-15(2)22(28)24-17-6-3-5-16(13-17)23-20(26)14-29-19-10-8-18(9-11-19)25-12-4-7-21(25)27/h3,5-6,8-11,13,15H,4,7,12,14H2,1-2H3,(H,23,26)(H,24,28). The smallest absolute Gasteiger partial charge is 0.262 e. The second-order valence-corrected chi connectivity index (χ2v) is 7.20. The summed E-state index contributed by atoms with van der Waals surface area (Å²) in [5.74, 6) is 0.155. The Bertz CT molecular complexity index is 893. The number of ether oxygens (including phenoxy) is 1. The minimum atomic E-state index is -0.309. The van der Waals surface area contributed by atoms with Crippen molar-refractivity contribution in [3.63, 3.8) is 0 Å². The maximum absolute atomic E-state index is 12.2. The van der Waals surface area contributed by atoms with Crippen LogP contribution >= 0.6 is 0 Å². The molecular weight excluding hydrogens is 370 g/mol. The molecule has 0 aromatic heterocycles. The SMILES string of the molecule is CC(C)C(=O)Nc1cccc(NC(=O)COc2ccc(N3CCCC3=O)cc2)c1. The normalized spacial score (nSPS) is 13.5. The Morgan fingerprint density at radius 1 is 1.07 bits per heavy atom. The van der Waals surface area contributed by atoms with Gasteiger partial charge in [-0.1, -0.05) is 19.9 Å². The number of carbonyl (C=O) groups excluding carboxylic acids is 3. The molecular formula is C22H25N3O4. The highest BCUT2D eigenvalue weighted by atomic mass is 16.5. The Labute approximate surface area is 170 Å². The molecule has 2 aromatic carbocycles. The van der Waals surface area contributed by atoms with Crippen LogP contribution in [0.1, 0.15) is 26.7 Å². The first-order valence-corrected chi connectivity index (χ1v) is 9.66. The van der Waals surface area contributed by atoms with Crippen molar-refractivity contribution in [2.24, 2.45) is 5.92 Å². The fraction of sp³-hybridized carbons (Fsp3) is 0.318. The molecule has 7 nitrogen and oxygen atoms in total. The molecule has 0 spiro atoms. The predicted molar refractivity (Wildman–Crippen MR) is 112 cm³/mol. The molecule has 3 amide bonds. The number of hydrogen-bond acceptors (Lipinski definition) is 4. The Morgan fingerprint density at radius 2 is 1.76 bits per heavy atom. The quantitative estimate of drug-likeness (QED) is 0.752. The van der Waals surface area contributed by atoms with Crippen molar-refractivity contribution in [3.8, 4) is 5.75 Å². The van der Waals surface area contributed by atoms with Crippen molar-refractivity contribution in [2.45, 2.75) is 26.7 Å². The van der Waals surface area contributed by atoms with Crippen LogP contribution in [0.4, 0.5) is 17.1 Å². The minimum Gasteiger partial charge on any atom is -0.484 e. The van der Waals surface area contributed by atoms with Gasteiger partial charge < -0.3 is 20.3 Å². The number of hydrogen-bond donors (Lipinski definition) is 2. The van der Waals surface area contributed by atoms with E-state index in [4.69, 9.17) is 4.74 Å². The zero-order chi connectivity index (χ0) is 20.8. The second kappa shape index (κ2) is 9.23. The molecule has 1 saturated heterocycles.